The zero-order valence-electron chi connectivity index (χ0n) is 11.9. The lowest BCUT2D eigenvalue weighted by molar-refractivity contribution is -0.132. The van der Waals surface area contributed by atoms with Gasteiger partial charge in [-0.15, -0.1) is 0 Å². The highest BCUT2D eigenvalue weighted by Crippen LogP contribution is 2.21. The fourth-order valence-electron chi connectivity index (χ4n) is 2.81. The molecule has 2 rings (SSSR count). The number of carbonyl (C=O) groups is 1. The molecule has 1 aromatic rings. The van der Waals surface area contributed by atoms with Gasteiger partial charge in [0.2, 0.25) is 5.91 Å². The van der Waals surface area contributed by atoms with Crippen molar-refractivity contribution in [1.82, 2.24) is 9.47 Å². The summed E-state index contributed by atoms with van der Waals surface area (Å²) in [5.41, 5.74) is 0.547. The number of likely N-dealkylation sites (tertiary alicyclic amines) is 1. The molecule has 0 radical (unpaired) electrons. The summed E-state index contributed by atoms with van der Waals surface area (Å²) in [6, 6.07) is 3.76. The maximum atomic E-state index is 12.4. The van der Waals surface area contributed by atoms with E-state index in [0.717, 1.165) is 32.2 Å². The number of aliphatic hydroxyl groups excluding tert-OH is 1. The molecule has 1 N–H and O–H groups in total. The SMILES string of the molecule is Cc1cccn(CC(=O)N2CCCC2CCCO)c1=O. The van der Waals surface area contributed by atoms with Gasteiger partial charge in [-0.25, -0.2) is 0 Å². The van der Waals surface area contributed by atoms with E-state index in [0.29, 0.717) is 5.56 Å². The van der Waals surface area contributed by atoms with Gasteiger partial charge in [0.25, 0.3) is 5.56 Å². The molecular weight excluding hydrogens is 256 g/mol. The second kappa shape index (κ2) is 6.70. The van der Waals surface area contributed by atoms with Gasteiger partial charge in [0.15, 0.2) is 0 Å². The first-order valence-corrected chi connectivity index (χ1v) is 7.20. The standard InChI is InChI=1S/C15H22N2O3/c1-12-5-2-8-16(15(12)20)11-14(19)17-9-3-6-13(17)7-4-10-18/h2,5,8,13,18H,3-4,6-7,9-11H2,1H3. The lowest BCUT2D eigenvalue weighted by Crippen LogP contribution is -2.39. The summed E-state index contributed by atoms with van der Waals surface area (Å²) in [7, 11) is 0. The molecule has 2 heterocycles. The van der Waals surface area contributed by atoms with Crippen LogP contribution in [0.3, 0.4) is 0 Å². The van der Waals surface area contributed by atoms with Crippen LogP contribution in [0.4, 0.5) is 0 Å². The molecule has 110 valence electrons. The number of aromatic nitrogens is 1. The number of pyridine rings is 1. The van der Waals surface area contributed by atoms with Crippen LogP contribution in [0.1, 0.15) is 31.2 Å². The summed E-state index contributed by atoms with van der Waals surface area (Å²) in [4.78, 5) is 26.2. The molecule has 1 aromatic heterocycles. The lowest BCUT2D eigenvalue weighted by atomic mass is 10.1. The number of rotatable bonds is 5. The van der Waals surface area contributed by atoms with Gasteiger partial charge in [0.05, 0.1) is 0 Å². The average molecular weight is 278 g/mol. The van der Waals surface area contributed by atoms with Gasteiger partial charge >= 0.3 is 0 Å². The van der Waals surface area contributed by atoms with Crippen molar-refractivity contribution in [2.24, 2.45) is 0 Å². The Morgan fingerprint density at radius 3 is 3.05 bits per heavy atom. The minimum atomic E-state index is -0.105. The zero-order chi connectivity index (χ0) is 14.5. The maximum Gasteiger partial charge on any atom is 0.253 e. The third-order valence-corrected chi connectivity index (χ3v) is 3.91. The van der Waals surface area contributed by atoms with E-state index in [1.54, 1.807) is 25.3 Å². The second-order valence-corrected chi connectivity index (χ2v) is 5.37. The first-order chi connectivity index (χ1) is 9.63. The van der Waals surface area contributed by atoms with Crippen molar-refractivity contribution >= 4 is 5.91 Å². The van der Waals surface area contributed by atoms with Crippen molar-refractivity contribution in [3.63, 3.8) is 0 Å². The van der Waals surface area contributed by atoms with Gasteiger partial charge in [-0.1, -0.05) is 6.07 Å². The van der Waals surface area contributed by atoms with E-state index in [-0.39, 0.29) is 30.7 Å². The van der Waals surface area contributed by atoms with E-state index >= 15 is 0 Å². The van der Waals surface area contributed by atoms with Gasteiger partial charge in [0, 0.05) is 31.0 Å². The quantitative estimate of drug-likeness (QED) is 0.871. The highest BCUT2D eigenvalue weighted by atomic mass is 16.3. The zero-order valence-corrected chi connectivity index (χ0v) is 11.9. The molecule has 1 fully saturated rings. The number of nitrogens with zero attached hydrogens (tertiary/aromatic N) is 2. The molecule has 0 bridgehead atoms. The monoisotopic (exact) mass is 278 g/mol. The summed E-state index contributed by atoms with van der Waals surface area (Å²) < 4.78 is 1.47. The van der Waals surface area contributed by atoms with Crippen LogP contribution in [-0.4, -0.2) is 39.7 Å². The van der Waals surface area contributed by atoms with Crippen LogP contribution in [-0.2, 0) is 11.3 Å². The molecule has 20 heavy (non-hydrogen) atoms. The molecule has 0 aromatic carbocycles. The van der Waals surface area contributed by atoms with Crippen molar-refractivity contribution in [3.05, 3.63) is 34.2 Å². The van der Waals surface area contributed by atoms with Crippen LogP contribution >= 0.6 is 0 Å². The van der Waals surface area contributed by atoms with E-state index in [1.165, 1.54) is 4.57 Å². The topological polar surface area (TPSA) is 62.5 Å². The number of carbonyl (C=O) groups excluding carboxylic acids is 1. The molecule has 1 amide bonds. The Labute approximate surface area is 118 Å². The molecule has 1 unspecified atom stereocenters. The third kappa shape index (κ3) is 3.28. The summed E-state index contributed by atoms with van der Waals surface area (Å²) >= 11 is 0. The summed E-state index contributed by atoms with van der Waals surface area (Å²) in [6.45, 7) is 2.78. The van der Waals surface area contributed by atoms with E-state index in [2.05, 4.69) is 0 Å². The van der Waals surface area contributed by atoms with Crippen LogP contribution < -0.4 is 5.56 Å². The van der Waals surface area contributed by atoms with Crippen molar-refractivity contribution in [1.29, 1.82) is 0 Å². The lowest BCUT2D eigenvalue weighted by Gasteiger charge is -2.25. The minimum absolute atomic E-state index is 0.00172. The highest BCUT2D eigenvalue weighted by Gasteiger charge is 2.28. The molecule has 1 aliphatic rings. The molecular formula is C15H22N2O3. The molecule has 1 aliphatic heterocycles. The summed E-state index contributed by atoms with van der Waals surface area (Å²) in [5, 5.41) is 8.90. The van der Waals surface area contributed by atoms with Gasteiger partial charge in [-0.05, 0) is 38.7 Å². The molecule has 1 saturated heterocycles. The highest BCUT2D eigenvalue weighted by molar-refractivity contribution is 5.76. The average Bonchev–Trinajstić information content (AvgIpc) is 2.90. The van der Waals surface area contributed by atoms with E-state index in [4.69, 9.17) is 5.11 Å². The Balaban J connectivity index is 2.04. The van der Waals surface area contributed by atoms with Crippen molar-refractivity contribution in [2.75, 3.05) is 13.2 Å². The largest absolute Gasteiger partial charge is 0.396 e. The number of amides is 1. The molecule has 0 saturated carbocycles. The van der Waals surface area contributed by atoms with Crippen molar-refractivity contribution in [2.45, 2.75) is 45.2 Å². The Hall–Kier alpha value is -1.62. The van der Waals surface area contributed by atoms with Crippen LogP contribution in [0, 0.1) is 6.92 Å². The fraction of sp³-hybridized carbons (Fsp3) is 0.600. The van der Waals surface area contributed by atoms with Gasteiger partial charge in [-0.3, -0.25) is 9.59 Å². The van der Waals surface area contributed by atoms with Crippen LogP contribution in [0.25, 0.3) is 0 Å². The third-order valence-electron chi connectivity index (χ3n) is 3.91. The van der Waals surface area contributed by atoms with Crippen LogP contribution in [0.2, 0.25) is 0 Å². The minimum Gasteiger partial charge on any atom is -0.396 e. The predicted molar refractivity (Wildman–Crippen MR) is 76.5 cm³/mol. The van der Waals surface area contributed by atoms with E-state index in [1.807, 2.05) is 4.90 Å². The molecule has 5 nitrogen and oxygen atoms in total. The number of hydrogen-bond acceptors (Lipinski definition) is 3. The number of hydrogen-bond donors (Lipinski definition) is 1. The predicted octanol–water partition coefficient (Wildman–Crippen LogP) is 0.920. The summed E-state index contributed by atoms with van der Waals surface area (Å²) in [5.74, 6) is -0.00172. The van der Waals surface area contributed by atoms with Gasteiger partial charge in [0.1, 0.15) is 6.54 Å². The van der Waals surface area contributed by atoms with Crippen LogP contribution in [0.15, 0.2) is 23.1 Å². The maximum absolute atomic E-state index is 12.4. The Kier molecular flexibility index (Phi) is 4.95. The van der Waals surface area contributed by atoms with E-state index < -0.39 is 0 Å². The fourth-order valence-corrected chi connectivity index (χ4v) is 2.81. The first-order valence-electron chi connectivity index (χ1n) is 7.20. The molecule has 0 spiro atoms. The Morgan fingerprint density at radius 1 is 1.50 bits per heavy atom. The number of aryl methyl sites for hydroxylation is 1. The second-order valence-electron chi connectivity index (χ2n) is 5.37. The first kappa shape index (κ1) is 14.8. The van der Waals surface area contributed by atoms with E-state index in [9.17, 15) is 9.59 Å². The van der Waals surface area contributed by atoms with Crippen molar-refractivity contribution in [3.8, 4) is 0 Å². The molecule has 0 aliphatic carbocycles. The Morgan fingerprint density at radius 2 is 2.30 bits per heavy atom. The molecule has 1 atom stereocenters. The Bertz CT molecular complexity index is 524. The van der Waals surface area contributed by atoms with Gasteiger partial charge in [-0.2, -0.15) is 0 Å². The smallest absolute Gasteiger partial charge is 0.253 e. The normalized spacial score (nSPS) is 18.5. The number of aliphatic hydroxyl groups is 1. The molecule has 5 heteroatoms. The summed E-state index contributed by atoms with van der Waals surface area (Å²) in [6.07, 6.45) is 5.22. The van der Waals surface area contributed by atoms with Crippen LogP contribution in [0.5, 0.6) is 0 Å². The van der Waals surface area contributed by atoms with Crippen molar-refractivity contribution < 1.29 is 9.90 Å². The van der Waals surface area contributed by atoms with Gasteiger partial charge < -0.3 is 14.6 Å².